The zero-order valence-electron chi connectivity index (χ0n) is 9.44. The van der Waals surface area contributed by atoms with Crippen molar-refractivity contribution < 1.29 is 0 Å². The van der Waals surface area contributed by atoms with Crippen molar-refractivity contribution in [1.82, 2.24) is 15.0 Å². The maximum absolute atomic E-state index is 5.62. The third-order valence-electron chi connectivity index (χ3n) is 2.77. The van der Waals surface area contributed by atoms with E-state index in [4.69, 9.17) is 5.73 Å². The summed E-state index contributed by atoms with van der Waals surface area (Å²) < 4.78 is 0. The maximum Gasteiger partial charge on any atom is 0.200 e. The molecule has 17 heavy (non-hydrogen) atoms. The first-order valence-corrected chi connectivity index (χ1v) is 5.42. The number of aryl methyl sites for hydroxylation is 1. The number of benzene rings is 1. The summed E-state index contributed by atoms with van der Waals surface area (Å²) in [7, 11) is 0. The van der Waals surface area contributed by atoms with E-state index in [1.807, 2.05) is 31.2 Å². The number of imidazole rings is 1. The Hall–Kier alpha value is -2.36. The van der Waals surface area contributed by atoms with Gasteiger partial charge in [-0.1, -0.05) is 30.3 Å². The fraction of sp³-hybridized carbons (Fsp3) is 0.0769. The monoisotopic (exact) mass is 224 g/mol. The smallest absolute Gasteiger partial charge is 0.200 e. The summed E-state index contributed by atoms with van der Waals surface area (Å²) in [4.78, 5) is 11.6. The van der Waals surface area contributed by atoms with Gasteiger partial charge in [0.25, 0.3) is 0 Å². The Morgan fingerprint density at radius 1 is 1.12 bits per heavy atom. The molecule has 4 nitrogen and oxygen atoms in total. The lowest BCUT2D eigenvalue weighted by molar-refractivity contribution is 1.22. The van der Waals surface area contributed by atoms with Crippen LogP contribution in [0.3, 0.4) is 0 Å². The van der Waals surface area contributed by atoms with Crippen LogP contribution in [0.2, 0.25) is 0 Å². The predicted octanol–water partition coefficient (Wildman–Crippen LogP) is 2.52. The van der Waals surface area contributed by atoms with Crippen LogP contribution in [0, 0.1) is 6.92 Å². The molecule has 0 aliphatic carbocycles. The van der Waals surface area contributed by atoms with Gasteiger partial charge in [0.1, 0.15) is 0 Å². The fourth-order valence-corrected chi connectivity index (χ4v) is 1.96. The van der Waals surface area contributed by atoms with Gasteiger partial charge in [0.05, 0.1) is 5.52 Å². The van der Waals surface area contributed by atoms with Gasteiger partial charge in [-0.25, -0.2) is 4.98 Å². The van der Waals surface area contributed by atoms with Crippen LogP contribution in [0.5, 0.6) is 0 Å². The zero-order chi connectivity index (χ0) is 11.8. The highest BCUT2D eigenvalue weighted by Gasteiger charge is 2.08. The highest BCUT2D eigenvalue weighted by Crippen LogP contribution is 2.25. The standard InChI is InChI=1S/C13H12N4/c1-8-10(9-5-3-2-4-6-9)7-11-12(15-8)17-13(14)16-11/h2-7H,1H3,(H3,14,15,16,17). The maximum atomic E-state index is 5.62. The predicted molar refractivity (Wildman–Crippen MR) is 68.5 cm³/mol. The first-order chi connectivity index (χ1) is 8.24. The molecular formula is C13H12N4. The Balaban J connectivity index is 2.26. The normalized spacial score (nSPS) is 10.9. The molecule has 3 rings (SSSR count). The lowest BCUT2D eigenvalue weighted by Crippen LogP contribution is -1.88. The summed E-state index contributed by atoms with van der Waals surface area (Å²) in [5.74, 6) is 0.400. The first-order valence-electron chi connectivity index (χ1n) is 5.42. The fourth-order valence-electron chi connectivity index (χ4n) is 1.96. The SMILES string of the molecule is Cc1nc2nc(N)[nH]c2cc1-c1ccccc1. The molecule has 0 aliphatic heterocycles. The van der Waals surface area contributed by atoms with E-state index in [0.29, 0.717) is 11.6 Å². The largest absolute Gasteiger partial charge is 0.369 e. The number of hydrogen-bond acceptors (Lipinski definition) is 3. The van der Waals surface area contributed by atoms with Gasteiger partial charge in [-0.2, -0.15) is 4.98 Å². The summed E-state index contributed by atoms with van der Waals surface area (Å²) in [5.41, 5.74) is 10.4. The molecule has 0 atom stereocenters. The number of hydrogen-bond donors (Lipinski definition) is 2. The highest BCUT2D eigenvalue weighted by molar-refractivity contribution is 5.81. The van der Waals surface area contributed by atoms with Crippen molar-refractivity contribution in [2.24, 2.45) is 0 Å². The van der Waals surface area contributed by atoms with E-state index in [1.165, 1.54) is 0 Å². The first kappa shape index (κ1) is 9.84. The summed E-state index contributed by atoms with van der Waals surface area (Å²) in [5, 5.41) is 0. The van der Waals surface area contributed by atoms with Crippen LogP contribution >= 0.6 is 0 Å². The number of nitrogens with two attached hydrogens (primary N) is 1. The molecular weight excluding hydrogens is 212 g/mol. The number of aromatic nitrogens is 3. The number of nitrogens with one attached hydrogen (secondary N) is 1. The van der Waals surface area contributed by atoms with E-state index in [0.717, 1.165) is 22.3 Å². The molecule has 84 valence electrons. The number of nitrogens with zero attached hydrogens (tertiary/aromatic N) is 2. The third-order valence-corrected chi connectivity index (χ3v) is 2.77. The average molecular weight is 224 g/mol. The van der Waals surface area contributed by atoms with E-state index < -0.39 is 0 Å². The summed E-state index contributed by atoms with van der Waals surface area (Å²) in [6.07, 6.45) is 0. The lowest BCUT2D eigenvalue weighted by atomic mass is 10.0. The van der Waals surface area contributed by atoms with E-state index >= 15 is 0 Å². The minimum Gasteiger partial charge on any atom is -0.369 e. The van der Waals surface area contributed by atoms with Crippen molar-refractivity contribution >= 4 is 17.1 Å². The molecule has 4 heteroatoms. The summed E-state index contributed by atoms with van der Waals surface area (Å²) in [6.45, 7) is 1.98. The van der Waals surface area contributed by atoms with Crippen LogP contribution in [0.1, 0.15) is 5.69 Å². The number of rotatable bonds is 1. The number of nitrogen functional groups attached to an aromatic ring is 1. The molecule has 3 N–H and O–H groups in total. The number of aromatic amines is 1. The second-order valence-electron chi connectivity index (χ2n) is 3.98. The third kappa shape index (κ3) is 1.63. The molecule has 2 heterocycles. The van der Waals surface area contributed by atoms with Gasteiger partial charge < -0.3 is 10.7 Å². The Bertz CT molecular complexity index is 670. The second kappa shape index (κ2) is 3.59. The Morgan fingerprint density at radius 3 is 2.65 bits per heavy atom. The van der Waals surface area contributed by atoms with E-state index in [2.05, 4.69) is 27.1 Å². The van der Waals surface area contributed by atoms with Crippen molar-refractivity contribution in [2.75, 3.05) is 5.73 Å². The number of H-pyrrole nitrogens is 1. The van der Waals surface area contributed by atoms with Crippen molar-refractivity contribution in [3.63, 3.8) is 0 Å². The molecule has 0 saturated carbocycles. The van der Waals surface area contributed by atoms with Crippen molar-refractivity contribution in [3.8, 4) is 11.1 Å². The molecule has 0 radical (unpaired) electrons. The Kier molecular flexibility index (Phi) is 2.08. The van der Waals surface area contributed by atoms with Gasteiger partial charge in [0, 0.05) is 11.3 Å². The van der Waals surface area contributed by atoms with Crippen LogP contribution in [0.4, 0.5) is 5.95 Å². The van der Waals surface area contributed by atoms with Gasteiger partial charge in [-0.05, 0) is 18.6 Å². The van der Waals surface area contributed by atoms with Crippen LogP contribution in [0.25, 0.3) is 22.3 Å². The molecule has 0 fully saturated rings. The van der Waals surface area contributed by atoms with Crippen LogP contribution in [-0.4, -0.2) is 15.0 Å². The van der Waals surface area contributed by atoms with Crippen LogP contribution in [-0.2, 0) is 0 Å². The number of anilines is 1. The van der Waals surface area contributed by atoms with Gasteiger partial charge in [-0.15, -0.1) is 0 Å². The van der Waals surface area contributed by atoms with Crippen molar-refractivity contribution in [2.45, 2.75) is 6.92 Å². The Labute approximate surface area is 98.5 Å². The molecule has 0 spiro atoms. The summed E-state index contributed by atoms with van der Waals surface area (Å²) in [6, 6.07) is 12.2. The van der Waals surface area contributed by atoms with E-state index in [1.54, 1.807) is 0 Å². The highest BCUT2D eigenvalue weighted by atomic mass is 15.1. The zero-order valence-corrected chi connectivity index (χ0v) is 9.44. The van der Waals surface area contributed by atoms with Crippen molar-refractivity contribution in [3.05, 3.63) is 42.1 Å². The van der Waals surface area contributed by atoms with Gasteiger partial charge >= 0.3 is 0 Å². The molecule has 1 aromatic carbocycles. The quantitative estimate of drug-likeness (QED) is 0.667. The molecule has 0 saturated heterocycles. The molecule has 0 bridgehead atoms. The van der Waals surface area contributed by atoms with E-state index in [-0.39, 0.29) is 0 Å². The van der Waals surface area contributed by atoms with Crippen LogP contribution < -0.4 is 5.73 Å². The molecule has 3 aromatic rings. The lowest BCUT2D eigenvalue weighted by Gasteiger charge is -2.04. The number of fused-ring (bicyclic) bond motifs is 1. The minimum absolute atomic E-state index is 0.400. The van der Waals surface area contributed by atoms with E-state index in [9.17, 15) is 0 Å². The molecule has 0 amide bonds. The van der Waals surface area contributed by atoms with Gasteiger partial charge in [0.15, 0.2) is 11.6 Å². The molecule has 0 aliphatic rings. The number of pyridine rings is 1. The van der Waals surface area contributed by atoms with Crippen molar-refractivity contribution in [1.29, 1.82) is 0 Å². The molecule has 2 aromatic heterocycles. The molecule has 0 unspecified atom stereocenters. The second-order valence-corrected chi connectivity index (χ2v) is 3.98. The summed E-state index contributed by atoms with van der Waals surface area (Å²) >= 11 is 0. The average Bonchev–Trinajstić information content (AvgIpc) is 2.68. The van der Waals surface area contributed by atoms with Gasteiger partial charge in [-0.3, -0.25) is 0 Å². The van der Waals surface area contributed by atoms with Crippen LogP contribution in [0.15, 0.2) is 36.4 Å². The minimum atomic E-state index is 0.400. The Morgan fingerprint density at radius 2 is 1.88 bits per heavy atom. The van der Waals surface area contributed by atoms with Gasteiger partial charge in [0.2, 0.25) is 0 Å². The topological polar surface area (TPSA) is 67.6 Å².